The van der Waals surface area contributed by atoms with E-state index in [1.54, 1.807) is 0 Å². The number of guanidine groups is 1. The van der Waals surface area contributed by atoms with Crippen LogP contribution in [-0.2, 0) is 6.42 Å². The lowest BCUT2D eigenvalue weighted by Gasteiger charge is -2.21. The Labute approximate surface area is 117 Å². The van der Waals surface area contributed by atoms with Gasteiger partial charge in [0.2, 0.25) is 0 Å². The third kappa shape index (κ3) is 6.27. The molecule has 0 spiro atoms. The summed E-state index contributed by atoms with van der Waals surface area (Å²) in [6.07, 6.45) is 3.42. The van der Waals surface area contributed by atoms with Crippen LogP contribution in [0.15, 0.2) is 35.3 Å². The number of hydrogen-bond acceptors (Lipinski definition) is 1. The van der Waals surface area contributed by atoms with Crippen LogP contribution in [0.2, 0.25) is 0 Å². The van der Waals surface area contributed by atoms with Gasteiger partial charge in [-0.05, 0) is 25.3 Å². The van der Waals surface area contributed by atoms with Crippen LogP contribution in [0.25, 0.3) is 0 Å². The minimum absolute atomic E-state index is 0.836. The third-order valence-corrected chi connectivity index (χ3v) is 3.05. The standard InChI is InChI=1S/C16H27N3/c1-4-6-14-19(3)16(17-5-2)18-13-12-15-10-8-7-9-11-15/h7-11H,4-6,12-14H2,1-3H3,(H,17,18). The maximum Gasteiger partial charge on any atom is 0.193 e. The van der Waals surface area contributed by atoms with Gasteiger partial charge in [0.25, 0.3) is 0 Å². The average molecular weight is 261 g/mol. The van der Waals surface area contributed by atoms with E-state index in [0.717, 1.165) is 32.0 Å². The number of nitrogens with one attached hydrogen (secondary N) is 1. The molecule has 0 heterocycles. The Balaban J connectivity index is 2.48. The molecule has 0 amide bonds. The highest BCUT2D eigenvalue weighted by atomic mass is 15.3. The number of hydrogen-bond donors (Lipinski definition) is 1. The lowest BCUT2D eigenvalue weighted by Crippen LogP contribution is -2.39. The van der Waals surface area contributed by atoms with Crippen molar-refractivity contribution in [2.45, 2.75) is 33.1 Å². The van der Waals surface area contributed by atoms with E-state index < -0.39 is 0 Å². The first-order valence-electron chi connectivity index (χ1n) is 7.31. The summed E-state index contributed by atoms with van der Waals surface area (Å²) in [5, 5.41) is 3.35. The van der Waals surface area contributed by atoms with Crippen LogP contribution >= 0.6 is 0 Å². The second-order valence-electron chi connectivity index (χ2n) is 4.75. The van der Waals surface area contributed by atoms with E-state index in [4.69, 9.17) is 4.99 Å². The molecule has 1 aromatic carbocycles. The Morgan fingerprint density at radius 1 is 1.21 bits per heavy atom. The highest BCUT2D eigenvalue weighted by Crippen LogP contribution is 2.00. The predicted octanol–water partition coefficient (Wildman–Crippen LogP) is 2.93. The lowest BCUT2D eigenvalue weighted by atomic mass is 10.2. The molecule has 0 bridgehead atoms. The Bertz CT molecular complexity index is 360. The van der Waals surface area contributed by atoms with Crippen molar-refractivity contribution in [3.8, 4) is 0 Å². The van der Waals surface area contributed by atoms with Gasteiger partial charge in [0.05, 0.1) is 0 Å². The zero-order valence-electron chi connectivity index (χ0n) is 12.5. The molecule has 1 N–H and O–H groups in total. The Kier molecular flexibility index (Phi) is 7.71. The summed E-state index contributed by atoms with van der Waals surface area (Å²) in [6, 6.07) is 10.5. The molecule has 0 atom stereocenters. The molecule has 0 aromatic heterocycles. The zero-order chi connectivity index (χ0) is 13.9. The van der Waals surface area contributed by atoms with Gasteiger partial charge in [-0.1, -0.05) is 43.7 Å². The number of rotatable bonds is 7. The summed E-state index contributed by atoms with van der Waals surface area (Å²) in [6.45, 7) is 7.14. The molecule has 1 aromatic rings. The normalized spacial score (nSPS) is 11.4. The molecular weight excluding hydrogens is 234 g/mol. The van der Waals surface area contributed by atoms with Crippen LogP contribution in [0.3, 0.4) is 0 Å². The van der Waals surface area contributed by atoms with E-state index in [1.807, 2.05) is 0 Å². The molecule has 3 nitrogen and oxygen atoms in total. The first kappa shape index (κ1) is 15.5. The Morgan fingerprint density at radius 3 is 2.58 bits per heavy atom. The Hall–Kier alpha value is -1.51. The van der Waals surface area contributed by atoms with Gasteiger partial charge < -0.3 is 10.2 Å². The first-order chi connectivity index (χ1) is 9.27. The van der Waals surface area contributed by atoms with Crippen molar-refractivity contribution in [2.24, 2.45) is 4.99 Å². The largest absolute Gasteiger partial charge is 0.357 e. The van der Waals surface area contributed by atoms with Gasteiger partial charge in [0, 0.05) is 26.7 Å². The molecule has 3 heteroatoms. The number of nitrogens with zero attached hydrogens (tertiary/aromatic N) is 2. The van der Waals surface area contributed by atoms with Gasteiger partial charge in [-0.3, -0.25) is 4.99 Å². The van der Waals surface area contributed by atoms with Gasteiger partial charge in [-0.25, -0.2) is 0 Å². The SMILES string of the molecule is CCCCN(C)C(=NCCc1ccccc1)NCC. The highest BCUT2D eigenvalue weighted by molar-refractivity contribution is 5.79. The maximum atomic E-state index is 4.69. The number of aliphatic imine (C=N–C) groups is 1. The molecule has 0 radical (unpaired) electrons. The van der Waals surface area contributed by atoms with Gasteiger partial charge in [-0.2, -0.15) is 0 Å². The first-order valence-corrected chi connectivity index (χ1v) is 7.31. The van der Waals surface area contributed by atoms with Crippen LogP contribution in [0.4, 0.5) is 0 Å². The van der Waals surface area contributed by atoms with Crippen molar-refractivity contribution in [1.29, 1.82) is 0 Å². The second kappa shape index (κ2) is 9.42. The minimum atomic E-state index is 0.836. The minimum Gasteiger partial charge on any atom is -0.357 e. The van der Waals surface area contributed by atoms with E-state index in [2.05, 4.69) is 61.4 Å². The van der Waals surface area contributed by atoms with E-state index >= 15 is 0 Å². The molecule has 0 aliphatic heterocycles. The molecule has 0 aliphatic carbocycles. The number of benzene rings is 1. The van der Waals surface area contributed by atoms with Crippen molar-refractivity contribution >= 4 is 5.96 Å². The quantitative estimate of drug-likeness (QED) is 0.603. The predicted molar refractivity (Wildman–Crippen MR) is 83.7 cm³/mol. The molecule has 0 saturated carbocycles. The molecule has 0 saturated heterocycles. The topological polar surface area (TPSA) is 27.6 Å². The van der Waals surface area contributed by atoms with Crippen LogP contribution in [0.5, 0.6) is 0 Å². The second-order valence-corrected chi connectivity index (χ2v) is 4.75. The molecule has 0 fully saturated rings. The van der Waals surface area contributed by atoms with Crippen LogP contribution in [0.1, 0.15) is 32.3 Å². The Morgan fingerprint density at radius 2 is 1.95 bits per heavy atom. The lowest BCUT2D eigenvalue weighted by molar-refractivity contribution is 0.465. The van der Waals surface area contributed by atoms with Crippen molar-refractivity contribution in [3.63, 3.8) is 0 Å². The van der Waals surface area contributed by atoms with E-state index in [-0.39, 0.29) is 0 Å². The van der Waals surface area contributed by atoms with Crippen LogP contribution in [-0.4, -0.2) is 37.5 Å². The van der Waals surface area contributed by atoms with E-state index in [9.17, 15) is 0 Å². The van der Waals surface area contributed by atoms with Crippen molar-refractivity contribution in [1.82, 2.24) is 10.2 Å². The van der Waals surface area contributed by atoms with E-state index in [1.165, 1.54) is 18.4 Å². The molecule has 106 valence electrons. The summed E-state index contributed by atoms with van der Waals surface area (Å²) < 4.78 is 0. The van der Waals surface area contributed by atoms with Crippen molar-refractivity contribution in [2.75, 3.05) is 26.7 Å². The summed E-state index contributed by atoms with van der Waals surface area (Å²) in [5.41, 5.74) is 1.35. The highest BCUT2D eigenvalue weighted by Gasteiger charge is 2.03. The molecule has 0 unspecified atom stereocenters. The van der Waals surface area contributed by atoms with Gasteiger partial charge in [0.1, 0.15) is 0 Å². The fourth-order valence-electron chi connectivity index (χ4n) is 1.91. The zero-order valence-corrected chi connectivity index (χ0v) is 12.5. The maximum absolute atomic E-state index is 4.69. The summed E-state index contributed by atoms with van der Waals surface area (Å²) >= 11 is 0. The van der Waals surface area contributed by atoms with Crippen LogP contribution in [0, 0.1) is 0 Å². The fourth-order valence-corrected chi connectivity index (χ4v) is 1.91. The third-order valence-electron chi connectivity index (χ3n) is 3.05. The average Bonchev–Trinajstić information content (AvgIpc) is 2.45. The van der Waals surface area contributed by atoms with Gasteiger partial charge in [-0.15, -0.1) is 0 Å². The van der Waals surface area contributed by atoms with Gasteiger partial charge >= 0.3 is 0 Å². The fraction of sp³-hybridized carbons (Fsp3) is 0.562. The smallest absolute Gasteiger partial charge is 0.193 e. The van der Waals surface area contributed by atoms with Crippen molar-refractivity contribution in [3.05, 3.63) is 35.9 Å². The van der Waals surface area contributed by atoms with Gasteiger partial charge in [0.15, 0.2) is 5.96 Å². The molecular formula is C16H27N3. The molecule has 0 aliphatic rings. The summed E-state index contributed by atoms with van der Waals surface area (Å²) in [7, 11) is 2.11. The molecule has 19 heavy (non-hydrogen) atoms. The monoisotopic (exact) mass is 261 g/mol. The number of unbranched alkanes of at least 4 members (excludes halogenated alkanes) is 1. The molecule has 1 rings (SSSR count). The van der Waals surface area contributed by atoms with E-state index in [0.29, 0.717) is 0 Å². The summed E-state index contributed by atoms with van der Waals surface area (Å²) in [4.78, 5) is 6.91. The van der Waals surface area contributed by atoms with Crippen LogP contribution < -0.4 is 5.32 Å². The van der Waals surface area contributed by atoms with Crippen molar-refractivity contribution < 1.29 is 0 Å². The summed E-state index contributed by atoms with van der Waals surface area (Å²) in [5.74, 6) is 1.02.